The highest BCUT2D eigenvalue weighted by molar-refractivity contribution is 5.56. The summed E-state index contributed by atoms with van der Waals surface area (Å²) in [4.78, 5) is 0. The van der Waals surface area contributed by atoms with E-state index in [1.54, 1.807) is 6.07 Å². The molecule has 0 atom stereocenters. The molecule has 22 heavy (non-hydrogen) atoms. The van der Waals surface area contributed by atoms with E-state index >= 15 is 0 Å². The monoisotopic (exact) mass is 306 g/mol. The van der Waals surface area contributed by atoms with Gasteiger partial charge in [-0.25, -0.2) is 0 Å². The highest BCUT2D eigenvalue weighted by Crippen LogP contribution is 2.17. The maximum atomic E-state index is 5.90. The van der Waals surface area contributed by atoms with Crippen molar-refractivity contribution < 1.29 is 4.74 Å². The molecule has 1 aromatic rings. The fourth-order valence-electron chi connectivity index (χ4n) is 2.62. The standard InChI is InChI=1S/C19H34N2O/c1-2-3-4-5-6-7-8-9-10-11-14-22-16-17-12-13-18(20)15-19(17)21/h12-13,15H,2-11,14,16,20-21H2,1H3. The summed E-state index contributed by atoms with van der Waals surface area (Å²) in [6.45, 7) is 3.67. The predicted octanol–water partition coefficient (Wildman–Crippen LogP) is 5.29. The number of anilines is 2. The molecule has 0 amide bonds. The number of hydrogen-bond acceptors (Lipinski definition) is 3. The molecule has 0 aliphatic heterocycles. The first-order valence-electron chi connectivity index (χ1n) is 8.95. The van der Waals surface area contributed by atoms with E-state index in [0.717, 1.165) is 24.3 Å². The Hall–Kier alpha value is -1.22. The van der Waals surface area contributed by atoms with Gasteiger partial charge in [0.25, 0.3) is 0 Å². The number of benzene rings is 1. The lowest BCUT2D eigenvalue weighted by atomic mass is 10.1. The molecule has 0 heterocycles. The van der Waals surface area contributed by atoms with Crippen LogP contribution in [0.4, 0.5) is 11.4 Å². The summed E-state index contributed by atoms with van der Waals surface area (Å²) in [6.07, 6.45) is 13.5. The van der Waals surface area contributed by atoms with Crippen LogP contribution in [0.15, 0.2) is 18.2 Å². The van der Waals surface area contributed by atoms with Gasteiger partial charge in [0, 0.05) is 23.5 Å². The number of hydrogen-bond donors (Lipinski definition) is 2. The minimum absolute atomic E-state index is 0.587. The first kappa shape index (κ1) is 18.8. The Balaban J connectivity index is 1.89. The fraction of sp³-hybridized carbons (Fsp3) is 0.684. The molecule has 0 aliphatic carbocycles. The number of rotatable bonds is 13. The van der Waals surface area contributed by atoms with Gasteiger partial charge in [0.15, 0.2) is 0 Å². The van der Waals surface area contributed by atoms with Gasteiger partial charge in [-0.05, 0) is 18.6 Å². The van der Waals surface area contributed by atoms with E-state index in [2.05, 4.69) is 6.92 Å². The summed E-state index contributed by atoms with van der Waals surface area (Å²) < 4.78 is 5.69. The average molecular weight is 306 g/mol. The van der Waals surface area contributed by atoms with E-state index in [1.807, 2.05) is 12.1 Å². The zero-order valence-corrected chi connectivity index (χ0v) is 14.3. The quantitative estimate of drug-likeness (QED) is 0.384. The molecular formula is C19H34N2O. The Morgan fingerprint density at radius 1 is 0.818 bits per heavy atom. The molecule has 1 aromatic carbocycles. The molecule has 3 nitrogen and oxygen atoms in total. The van der Waals surface area contributed by atoms with Crippen molar-refractivity contribution >= 4 is 11.4 Å². The van der Waals surface area contributed by atoms with E-state index in [9.17, 15) is 0 Å². The third-order valence-electron chi connectivity index (χ3n) is 4.07. The van der Waals surface area contributed by atoms with Crippen molar-refractivity contribution in [3.05, 3.63) is 23.8 Å². The Labute approximate surface area is 136 Å². The van der Waals surface area contributed by atoms with Crippen molar-refractivity contribution in [2.24, 2.45) is 0 Å². The zero-order chi connectivity index (χ0) is 16.0. The maximum Gasteiger partial charge on any atom is 0.0736 e. The van der Waals surface area contributed by atoms with E-state index in [-0.39, 0.29) is 0 Å². The molecule has 0 spiro atoms. The summed E-state index contributed by atoms with van der Waals surface area (Å²) in [5.74, 6) is 0. The van der Waals surface area contributed by atoms with Crippen LogP contribution in [0.3, 0.4) is 0 Å². The Morgan fingerprint density at radius 2 is 1.41 bits per heavy atom. The molecule has 0 radical (unpaired) electrons. The molecule has 4 N–H and O–H groups in total. The second-order valence-electron chi connectivity index (χ2n) is 6.19. The average Bonchev–Trinajstić information content (AvgIpc) is 2.50. The van der Waals surface area contributed by atoms with Crippen LogP contribution in [0.25, 0.3) is 0 Å². The Kier molecular flexibility index (Phi) is 10.6. The minimum Gasteiger partial charge on any atom is -0.399 e. The lowest BCUT2D eigenvalue weighted by Crippen LogP contribution is -2.00. The van der Waals surface area contributed by atoms with Crippen LogP contribution >= 0.6 is 0 Å². The van der Waals surface area contributed by atoms with Crippen LogP contribution < -0.4 is 11.5 Å². The third-order valence-corrected chi connectivity index (χ3v) is 4.07. The van der Waals surface area contributed by atoms with Gasteiger partial charge in [-0.15, -0.1) is 0 Å². The van der Waals surface area contributed by atoms with E-state index in [0.29, 0.717) is 12.3 Å². The van der Waals surface area contributed by atoms with Gasteiger partial charge in [0.1, 0.15) is 0 Å². The number of ether oxygens (including phenoxy) is 1. The topological polar surface area (TPSA) is 61.3 Å². The van der Waals surface area contributed by atoms with Crippen LogP contribution in [-0.2, 0) is 11.3 Å². The summed E-state index contributed by atoms with van der Waals surface area (Å²) in [6, 6.07) is 5.61. The molecule has 0 fully saturated rings. The Bertz CT molecular complexity index is 393. The second-order valence-corrected chi connectivity index (χ2v) is 6.19. The molecule has 0 saturated carbocycles. The number of nitrogens with two attached hydrogens (primary N) is 2. The first-order chi connectivity index (χ1) is 10.7. The Morgan fingerprint density at radius 3 is 2.00 bits per heavy atom. The summed E-state index contributed by atoms with van der Waals surface area (Å²) >= 11 is 0. The summed E-state index contributed by atoms with van der Waals surface area (Å²) in [5, 5.41) is 0. The highest BCUT2D eigenvalue weighted by atomic mass is 16.5. The van der Waals surface area contributed by atoms with Gasteiger partial charge < -0.3 is 16.2 Å². The lowest BCUT2D eigenvalue weighted by molar-refractivity contribution is 0.117. The van der Waals surface area contributed by atoms with Gasteiger partial charge in [-0.1, -0.05) is 70.8 Å². The van der Waals surface area contributed by atoms with E-state index in [4.69, 9.17) is 16.2 Å². The highest BCUT2D eigenvalue weighted by Gasteiger charge is 2.00. The number of nitrogen functional groups attached to an aromatic ring is 2. The van der Waals surface area contributed by atoms with Crippen LogP contribution in [0.5, 0.6) is 0 Å². The van der Waals surface area contributed by atoms with Crippen molar-refractivity contribution in [1.82, 2.24) is 0 Å². The van der Waals surface area contributed by atoms with Crippen LogP contribution in [0, 0.1) is 0 Å². The summed E-state index contributed by atoms with van der Waals surface area (Å²) in [7, 11) is 0. The SMILES string of the molecule is CCCCCCCCCCCCOCc1ccc(N)cc1N. The van der Waals surface area contributed by atoms with Gasteiger partial charge >= 0.3 is 0 Å². The second kappa shape index (κ2) is 12.3. The van der Waals surface area contributed by atoms with Gasteiger partial charge in [0.05, 0.1) is 6.61 Å². The van der Waals surface area contributed by atoms with E-state index in [1.165, 1.54) is 57.8 Å². The van der Waals surface area contributed by atoms with Gasteiger partial charge in [-0.3, -0.25) is 0 Å². The van der Waals surface area contributed by atoms with Crippen molar-refractivity contribution in [3.63, 3.8) is 0 Å². The molecule has 0 saturated heterocycles. The maximum absolute atomic E-state index is 5.90. The number of unbranched alkanes of at least 4 members (excludes halogenated alkanes) is 9. The molecule has 0 aliphatic rings. The minimum atomic E-state index is 0.587. The van der Waals surface area contributed by atoms with Crippen molar-refractivity contribution in [3.8, 4) is 0 Å². The molecule has 0 bridgehead atoms. The predicted molar refractivity (Wildman–Crippen MR) is 96.8 cm³/mol. The molecular weight excluding hydrogens is 272 g/mol. The van der Waals surface area contributed by atoms with Crippen LogP contribution in [0.1, 0.15) is 76.7 Å². The van der Waals surface area contributed by atoms with Gasteiger partial charge in [-0.2, -0.15) is 0 Å². The normalized spacial score (nSPS) is 11.0. The first-order valence-corrected chi connectivity index (χ1v) is 8.95. The zero-order valence-electron chi connectivity index (χ0n) is 14.3. The van der Waals surface area contributed by atoms with Crippen molar-refractivity contribution in [2.45, 2.75) is 77.7 Å². The molecule has 3 heteroatoms. The molecule has 0 aromatic heterocycles. The van der Waals surface area contributed by atoms with E-state index < -0.39 is 0 Å². The van der Waals surface area contributed by atoms with Crippen molar-refractivity contribution in [2.75, 3.05) is 18.1 Å². The van der Waals surface area contributed by atoms with Crippen molar-refractivity contribution in [1.29, 1.82) is 0 Å². The fourth-order valence-corrected chi connectivity index (χ4v) is 2.62. The summed E-state index contributed by atoms with van der Waals surface area (Å²) in [5.41, 5.74) is 14.0. The van der Waals surface area contributed by atoms with Gasteiger partial charge in [0.2, 0.25) is 0 Å². The third kappa shape index (κ3) is 8.93. The molecule has 126 valence electrons. The smallest absolute Gasteiger partial charge is 0.0736 e. The van der Waals surface area contributed by atoms with Crippen LogP contribution in [-0.4, -0.2) is 6.61 Å². The largest absolute Gasteiger partial charge is 0.399 e. The lowest BCUT2D eigenvalue weighted by Gasteiger charge is -2.08. The molecule has 1 rings (SSSR count). The van der Waals surface area contributed by atoms with Crippen LogP contribution in [0.2, 0.25) is 0 Å². The molecule has 0 unspecified atom stereocenters.